The molecule has 1 heterocycles. The van der Waals surface area contributed by atoms with Crippen molar-refractivity contribution in [1.82, 2.24) is 10.2 Å². The smallest absolute Gasteiger partial charge is 0.120 e. The zero-order valence-electron chi connectivity index (χ0n) is 11.6. The normalized spacial score (nSPS) is 11.6. The molecule has 0 amide bonds. The number of rotatable bonds is 8. The van der Waals surface area contributed by atoms with Gasteiger partial charge in [-0.15, -0.1) is 0 Å². The zero-order valence-corrected chi connectivity index (χ0v) is 11.6. The second-order valence-corrected chi connectivity index (χ2v) is 4.99. The van der Waals surface area contributed by atoms with Crippen LogP contribution in [0.3, 0.4) is 0 Å². The molecule has 0 spiro atoms. The van der Waals surface area contributed by atoms with Crippen molar-refractivity contribution in [3.63, 3.8) is 0 Å². The van der Waals surface area contributed by atoms with Crippen molar-refractivity contribution in [3.8, 4) is 0 Å². The van der Waals surface area contributed by atoms with Crippen LogP contribution in [0.2, 0.25) is 0 Å². The molecule has 1 aromatic rings. The summed E-state index contributed by atoms with van der Waals surface area (Å²) < 4.78 is 5.37. The van der Waals surface area contributed by atoms with Crippen molar-refractivity contribution >= 4 is 0 Å². The standard InChI is InChI=1S/C14H26N2O/c1-12(2)16(4)9-6-5-8-15-11-14-13(3)7-10-17-14/h7,10,12,15H,5-6,8-9,11H2,1-4H3. The highest BCUT2D eigenvalue weighted by Crippen LogP contribution is 2.07. The van der Waals surface area contributed by atoms with E-state index in [2.05, 4.69) is 38.0 Å². The van der Waals surface area contributed by atoms with E-state index < -0.39 is 0 Å². The van der Waals surface area contributed by atoms with Gasteiger partial charge < -0.3 is 14.6 Å². The van der Waals surface area contributed by atoms with Gasteiger partial charge in [-0.3, -0.25) is 0 Å². The number of aryl methyl sites for hydroxylation is 1. The fraction of sp³-hybridized carbons (Fsp3) is 0.714. The van der Waals surface area contributed by atoms with Gasteiger partial charge in [0.2, 0.25) is 0 Å². The van der Waals surface area contributed by atoms with E-state index in [9.17, 15) is 0 Å². The van der Waals surface area contributed by atoms with E-state index in [-0.39, 0.29) is 0 Å². The van der Waals surface area contributed by atoms with E-state index in [0.717, 1.165) is 18.8 Å². The third-order valence-electron chi connectivity index (χ3n) is 3.25. The fourth-order valence-corrected chi connectivity index (χ4v) is 1.66. The van der Waals surface area contributed by atoms with Gasteiger partial charge in [-0.25, -0.2) is 0 Å². The maximum Gasteiger partial charge on any atom is 0.120 e. The quantitative estimate of drug-likeness (QED) is 0.706. The van der Waals surface area contributed by atoms with Crippen LogP contribution in [-0.2, 0) is 6.54 Å². The molecule has 3 nitrogen and oxygen atoms in total. The maximum absolute atomic E-state index is 5.37. The van der Waals surface area contributed by atoms with Crippen molar-refractivity contribution in [2.24, 2.45) is 0 Å². The lowest BCUT2D eigenvalue weighted by atomic mass is 10.2. The minimum Gasteiger partial charge on any atom is -0.468 e. The molecule has 0 saturated carbocycles. The van der Waals surface area contributed by atoms with Gasteiger partial charge >= 0.3 is 0 Å². The van der Waals surface area contributed by atoms with Gasteiger partial charge in [0.05, 0.1) is 12.8 Å². The summed E-state index contributed by atoms with van der Waals surface area (Å²) in [6.45, 7) is 9.64. The highest BCUT2D eigenvalue weighted by Gasteiger charge is 2.02. The van der Waals surface area contributed by atoms with Crippen molar-refractivity contribution in [2.75, 3.05) is 20.1 Å². The van der Waals surface area contributed by atoms with E-state index in [1.807, 2.05) is 6.07 Å². The van der Waals surface area contributed by atoms with Gasteiger partial charge in [-0.1, -0.05) is 0 Å². The van der Waals surface area contributed by atoms with Crippen LogP contribution >= 0.6 is 0 Å². The van der Waals surface area contributed by atoms with Crippen LogP contribution in [0.1, 0.15) is 38.0 Å². The lowest BCUT2D eigenvalue weighted by Crippen LogP contribution is -2.27. The Morgan fingerprint density at radius 2 is 2.12 bits per heavy atom. The van der Waals surface area contributed by atoms with E-state index >= 15 is 0 Å². The molecule has 0 aliphatic heterocycles. The minimum absolute atomic E-state index is 0.647. The van der Waals surface area contributed by atoms with E-state index in [0.29, 0.717) is 6.04 Å². The molecule has 0 unspecified atom stereocenters. The van der Waals surface area contributed by atoms with Crippen molar-refractivity contribution < 1.29 is 4.42 Å². The predicted molar refractivity (Wildman–Crippen MR) is 72.2 cm³/mol. The number of nitrogens with one attached hydrogen (secondary N) is 1. The Kier molecular flexibility index (Phi) is 6.30. The molecule has 0 saturated heterocycles. The molecule has 1 N–H and O–H groups in total. The molecule has 0 fully saturated rings. The largest absolute Gasteiger partial charge is 0.468 e. The number of hydrogen-bond acceptors (Lipinski definition) is 3. The Hall–Kier alpha value is -0.800. The van der Waals surface area contributed by atoms with E-state index in [1.54, 1.807) is 6.26 Å². The third kappa shape index (κ3) is 5.37. The van der Waals surface area contributed by atoms with Crippen molar-refractivity contribution in [2.45, 2.75) is 46.2 Å². The van der Waals surface area contributed by atoms with Crippen LogP contribution in [0.5, 0.6) is 0 Å². The summed E-state index contributed by atoms with van der Waals surface area (Å²) in [5.41, 5.74) is 1.23. The molecular formula is C14H26N2O. The molecule has 98 valence electrons. The number of hydrogen-bond donors (Lipinski definition) is 1. The lowest BCUT2D eigenvalue weighted by Gasteiger charge is -2.20. The summed E-state index contributed by atoms with van der Waals surface area (Å²) in [6.07, 6.45) is 4.22. The van der Waals surface area contributed by atoms with Crippen LogP contribution in [0, 0.1) is 6.92 Å². The van der Waals surface area contributed by atoms with Gasteiger partial charge in [-0.2, -0.15) is 0 Å². The van der Waals surface area contributed by atoms with Gasteiger partial charge in [0.25, 0.3) is 0 Å². The summed E-state index contributed by atoms with van der Waals surface area (Å²) in [6, 6.07) is 2.66. The predicted octanol–water partition coefficient (Wildman–Crippen LogP) is 2.80. The molecule has 3 heteroatoms. The highest BCUT2D eigenvalue weighted by atomic mass is 16.3. The molecule has 17 heavy (non-hydrogen) atoms. The Balaban J connectivity index is 2.00. The van der Waals surface area contributed by atoms with Crippen LogP contribution in [0.4, 0.5) is 0 Å². The molecule has 0 aliphatic rings. The number of furan rings is 1. The van der Waals surface area contributed by atoms with Gasteiger partial charge in [0, 0.05) is 6.04 Å². The van der Waals surface area contributed by atoms with Crippen LogP contribution in [0.15, 0.2) is 16.7 Å². The molecule has 1 rings (SSSR count). The van der Waals surface area contributed by atoms with Gasteiger partial charge in [0.1, 0.15) is 5.76 Å². The Bertz CT molecular complexity index is 307. The zero-order chi connectivity index (χ0) is 12.7. The third-order valence-corrected chi connectivity index (χ3v) is 3.25. The summed E-state index contributed by atoms with van der Waals surface area (Å²) in [5, 5.41) is 3.42. The molecule has 0 radical (unpaired) electrons. The first kappa shape index (κ1) is 14.3. The molecule has 0 bridgehead atoms. The highest BCUT2D eigenvalue weighted by molar-refractivity contribution is 5.13. The molecule has 0 aliphatic carbocycles. The summed E-state index contributed by atoms with van der Waals surface area (Å²) in [7, 11) is 2.18. The molecule has 0 aromatic carbocycles. The number of nitrogens with zero attached hydrogens (tertiary/aromatic N) is 1. The SMILES string of the molecule is Cc1ccoc1CNCCCCN(C)C(C)C. The van der Waals surface area contributed by atoms with E-state index in [1.165, 1.54) is 24.9 Å². The van der Waals surface area contributed by atoms with Crippen molar-refractivity contribution in [1.29, 1.82) is 0 Å². The lowest BCUT2D eigenvalue weighted by molar-refractivity contribution is 0.268. The fourth-order valence-electron chi connectivity index (χ4n) is 1.66. The van der Waals surface area contributed by atoms with Gasteiger partial charge in [0.15, 0.2) is 0 Å². The Morgan fingerprint density at radius 3 is 2.71 bits per heavy atom. The first-order valence-electron chi connectivity index (χ1n) is 6.55. The number of unbranched alkanes of at least 4 members (excludes halogenated alkanes) is 1. The topological polar surface area (TPSA) is 28.4 Å². The molecular weight excluding hydrogens is 212 g/mol. The van der Waals surface area contributed by atoms with Crippen LogP contribution in [-0.4, -0.2) is 31.1 Å². The van der Waals surface area contributed by atoms with Crippen LogP contribution in [0.25, 0.3) is 0 Å². The van der Waals surface area contributed by atoms with Crippen molar-refractivity contribution in [3.05, 3.63) is 23.7 Å². The summed E-state index contributed by atoms with van der Waals surface area (Å²) >= 11 is 0. The first-order valence-corrected chi connectivity index (χ1v) is 6.55. The molecule has 1 aromatic heterocycles. The van der Waals surface area contributed by atoms with Crippen LogP contribution < -0.4 is 5.32 Å². The summed E-state index contributed by atoms with van der Waals surface area (Å²) in [5.74, 6) is 1.06. The second-order valence-electron chi connectivity index (χ2n) is 4.99. The van der Waals surface area contributed by atoms with E-state index in [4.69, 9.17) is 4.42 Å². The maximum atomic E-state index is 5.37. The first-order chi connectivity index (χ1) is 8.11. The molecule has 0 atom stereocenters. The monoisotopic (exact) mass is 238 g/mol. The Labute approximate surface area is 105 Å². The second kappa shape index (κ2) is 7.51. The summed E-state index contributed by atoms with van der Waals surface area (Å²) in [4.78, 5) is 2.39. The average Bonchev–Trinajstić information content (AvgIpc) is 2.68. The minimum atomic E-state index is 0.647. The Morgan fingerprint density at radius 1 is 1.35 bits per heavy atom. The van der Waals surface area contributed by atoms with Gasteiger partial charge in [-0.05, 0) is 65.4 Å². The average molecular weight is 238 g/mol.